The molecule has 0 spiro atoms. The van der Waals surface area contributed by atoms with Crippen LogP contribution in [0.15, 0.2) is 196 Å². The average molecular weight is 1400 g/mol. The predicted molar refractivity (Wildman–Crippen MR) is 402 cm³/mol. The van der Waals surface area contributed by atoms with Crippen molar-refractivity contribution >= 4 is 64.8 Å². The molecule has 7 atom stereocenters. The lowest BCUT2D eigenvalue weighted by Gasteiger charge is -2.35. The molecule has 534 valence electrons. The number of hydrogen-bond acceptors (Lipinski definition) is 13. The molecule has 20 heteroatoms. The first kappa shape index (κ1) is 72.1. The molecule has 7 aromatic rings. The molecule has 4 fully saturated rings. The molecule has 4 saturated carbocycles. The second kappa shape index (κ2) is 32.5. The number of carbonyl (C=O) groups is 5. The molecule has 0 bridgehead atoms. The zero-order chi connectivity index (χ0) is 71.4. The summed E-state index contributed by atoms with van der Waals surface area (Å²) in [5.41, 5.74) is 23.6. The maximum absolute atomic E-state index is 13.6. The van der Waals surface area contributed by atoms with Crippen LogP contribution in [0.1, 0.15) is 156 Å². The van der Waals surface area contributed by atoms with Gasteiger partial charge in [-0.05, 0) is 201 Å². The lowest BCUT2D eigenvalue weighted by Crippen LogP contribution is -2.45. The third-order valence-corrected chi connectivity index (χ3v) is 22.1. The van der Waals surface area contributed by atoms with Crippen LogP contribution in [-0.4, -0.2) is 107 Å². The van der Waals surface area contributed by atoms with E-state index in [9.17, 15) is 24.0 Å². The maximum Gasteiger partial charge on any atom is 0.319 e. The summed E-state index contributed by atoms with van der Waals surface area (Å²) in [6, 6.07) is 54.7. The number of ether oxygens (including phenoxy) is 1. The van der Waals surface area contributed by atoms with Gasteiger partial charge in [-0.15, -0.1) is 0 Å². The van der Waals surface area contributed by atoms with Crippen LogP contribution in [0.4, 0.5) is 10.5 Å². The van der Waals surface area contributed by atoms with E-state index in [1.165, 1.54) is 47.5 Å². The summed E-state index contributed by atoms with van der Waals surface area (Å²) in [5, 5.41) is 9.96. The normalized spacial score (nSPS) is 24.2. The Morgan fingerprint density at radius 1 is 0.569 bits per heavy atom. The van der Waals surface area contributed by atoms with Crippen molar-refractivity contribution in [3.05, 3.63) is 204 Å². The molecule has 4 heterocycles. The van der Waals surface area contributed by atoms with Gasteiger partial charge in [0.1, 0.15) is 22.6 Å². The Balaban J connectivity index is 0.000000146. The Labute approximate surface area is 604 Å². The number of aliphatic imine (C=N–C) groups is 3. The lowest BCUT2D eigenvalue weighted by atomic mass is 9.74. The molecule has 1 aromatic heterocycles. The Kier molecular flexibility index (Phi) is 23.0. The molecule has 14 rings (SSSR count). The first-order valence-electron chi connectivity index (χ1n) is 36.4. The Hall–Kier alpha value is -9.75. The van der Waals surface area contributed by atoms with Crippen molar-refractivity contribution in [3.63, 3.8) is 0 Å². The quantitative estimate of drug-likeness (QED) is 0.0396. The summed E-state index contributed by atoms with van der Waals surface area (Å²) in [7, 11) is 5.05. The summed E-state index contributed by atoms with van der Waals surface area (Å²) in [6.45, 7) is 0.281. The van der Waals surface area contributed by atoms with Crippen LogP contribution < -0.4 is 37.9 Å². The number of aryl methyl sites for hydroxylation is 1. The standard InChI is InChI=1S/C32H42N4O2.C27H35N5O3.C23H20ClN3O2/c1-36-30(38)32(35-31(36)33,20-19-23-9-4-2-5-10-23)22-24-11-8-14-28(21-24)34-29(37)27-17-15-26(16-18-27)25-12-6-3-7-13-25;1-32-24(33)27(31-25(32)28,16-15-19-7-4-3-5-8-19)18-20-9-6-10-22(17-20)30-26(34)29-21-11-13-23(35-2)14-12-21;24-19-7-2-5-16(13-19)15-4-1-6-18(12-15)23(17-9-10-17)21(28)27(22(25)26-23)14-20-8-3-11-29-20/h3,6-7,12-13,15-18,23-24,28H,2,4-5,8-11,14,19-22H2,1H3,(H2,33,35)(H,34,37);3-5,7-8,11-14,20,22H,6,9-10,15-18H2,1-2H3,(H2,28,31)(H2,29,30,34);1-8,11-13,17H,9-10,14H2,(H2,25,26)/t24-,28+,32+;20-,22+,27+;/m00./s1. The minimum Gasteiger partial charge on any atom is -0.497 e. The van der Waals surface area contributed by atoms with Crippen molar-refractivity contribution < 1.29 is 33.1 Å². The molecule has 9 N–H and O–H groups in total. The second-order valence-electron chi connectivity index (χ2n) is 28.9. The van der Waals surface area contributed by atoms with E-state index in [-0.39, 0.29) is 72.0 Å². The molecule has 0 saturated heterocycles. The molecule has 102 heavy (non-hydrogen) atoms. The summed E-state index contributed by atoms with van der Waals surface area (Å²) in [4.78, 5) is 84.8. The number of urea groups is 1. The van der Waals surface area contributed by atoms with Crippen LogP contribution in [0.25, 0.3) is 22.3 Å². The van der Waals surface area contributed by atoms with E-state index in [2.05, 4.69) is 40.2 Å². The van der Waals surface area contributed by atoms with Gasteiger partial charge < -0.3 is 42.3 Å². The SMILES string of the molecule is CN1C(=O)[C@@](CCC2CCCCC2)(C[C@H]2CCC[C@@H](NC(=O)c3ccc(-c4ccccc4)cc3)C2)N=C1N.COc1ccc(NC(=O)N[C@@H]2CCC[C@H](C[C@@]3(CCc4ccccc4)N=C(N)N(C)C3=O)C2)cc1.NC1=NC(c2cccc(-c3cccc(Cl)c3)c2)(C2CC2)C(=O)N1Cc1ccco1. The van der Waals surface area contributed by atoms with Crippen molar-refractivity contribution in [1.29, 1.82) is 0 Å². The number of rotatable bonds is 21. The minimum atomic E-state index is -0.967. The summed E-state index contributed by atoms with van der Waals surface area (Å²) < 4.78 is 10.6. The van der Waals surface area contributed by atoms with Crippen LogP contribution in [-0.2, 0) is 32.9 Å². The topological polar surface area (TPSA) is 269 Å². The number of benzene rings is 6. The van der Waals surface area contributed by atoms with E-state index >= 15 is 0 Å². The zero-order valence-electron chi connectivity index (χ0n) is 58.9. The predicted octanol–water partition coefficient (Wildman–Crippen LogP) is 14.4. The third kappa shape index (κ3) is 17.1. The van der Waals surface area contributed by atoms with E-state index in [0.717, 1.165) is 123 Å². The third-order valence-electron chi connectivity index (χ3n) is 21.9. The van der Waals surface area contributed by atoms with Gasteiger partial charge in [-0.2, -0.15) is 0 Å². The first-order chi connectivity index (χ1) is 49.4. The van der Waals surface area contributed by atoms with Crippen LogP contribution in [0.3, 0.4) is 0 Å². The number of guanidine groups is 3. The Morgan fingerprint density at radius 3 is 1.74 bits per heavy atom. The summed E-state index contributed by atoms with van der Waals surface area (Å²) in [6.07, 6.45) is 22.2. The molecule has 6 aromatic carbocycles. The zero-order valence-corrected chi connectivity index (χ0v) is 59.7. The Bertz CT molecular complexity index is 4140. The molecular weight excluding hydrogens is 1300 g/mol. The highest BCUT2D eigenvalue weighted by molar-refractivity contribution is 6.30. The van der Waals surface area contributed by atoms with Crippen molar-refractivity contribution in [2.45, 2.75) is 170 Å². The second-order valence-corrected chi connectivity index (χ2v) is 29.4. The first-order valence-corrected chi connectivity index (χ1v) is 36.8. The minimum absolute atomic E-state index is 0.0267. The number of halogens is 1. The van der Waals surface area contributed by atoms with Crippen molar-refractivity contribution in [2.75, 3.05) is 26.5 Å². The van der Waals surface area contributed by atoms with Crippen LogP contribution in [0.2, 0.25) is 5.02 Å². The largest absolute Gasteiger partial charge is 0.497 e. The number of amides is 6. The summed E-state index contributed by atoms with van der Waals surface area (Å²) in [5.74, 6) is 3.67. The van der Waals surface area contributed by atoms with Gasteiger partial charge in [0.05, 0.1) is 19.9 Å². The van der Waals surface area contributed by atoms with Gasteiger partial charge in [0.15, 0.2) is 23.4 Å². The van der Waals surface area contributed by atoms with Crippen LogP contribution in [0.5, 0.6) is 5.75 Å². The number of likely N-dealkylation sites (N-methyl/N-ethyl adjacent to an activating group) is 2. The monoisotopic (exact) mass is 1400 g/mol. The van der Waals surface area contributed by atoms with E-state index in [1.54, 1.807) is 38.4 Å². The number of nitrogens with zero attached hydrogens (tertiary/aromatic N) is 6. The molecule has 7 aliphatic rings. The molecule has 3 aliphatic heterocycles. The number of hydrogen-bond donors (Lipinski definition) is 6. The van der Waals surface area contributed by atoms with Gasteiger partial charge in [0.2, 0.25) is 0 Å². The molecule has 0 radical (unpaired) electrons. The number of nitrogens with one attached hydrogen (secondary N) is 3. The smallest absolute Gasteiger partial charge is 0.319 e. The molecular formula is C82H97ClN12O7. The van der Waals surface area contributed by atoms with Gasteiger partial charge in [0.25, 0.3) is 23.6 Å². The van der Waals surface area contributed by atoms with Gasteiger partial charge in [-0.25, -0.2) is 19.8 Å². The van der Waals surface area contributed by atoms with E-state index in [1.807, 2.05) is 140 Å². The van der Waals surface area contributed by atoms with Crippen molar-refractivity contribution in [3.8, 4) is 28.0 Å². The highest BCUT2D eigenvalue weighted by atomic mass is 35.5. The van der Waals surface area contributed by atoms with E-state index in [0.29, 0.717) is 52.7 Å². The summed E-state index contributed by atoms with van der Waals surface area (Å²) >= 11 is 6.17. The van der Waals surface area contributed by atoms with Gasteiger partial charge in [-0.1, -0.05) is 173 Å². The van der Waals surface area contributed by atoms with Crippen molar-refractivity contribution in [2.24, 2.45) is 55.8 Å². The number of carbonyl (C=O) groups excluding carboxylic acids is 5. The highest BCUT2D eigenvalue weighted by Crippen LogP contribution is 2.52. The van der Waals surface area contributed by atoms with E-state index in [4.69, 9.17) is 52.9 Å². The van der Waals surface area contributed by atoms with Crippen LogP contribution in [0, 0.1) is 23.7 Å². The van der Waals surface area contributed by atoms with Gasteiger partial charge in [-0.3, -0.25) is 33.9 Å². The fourth-order valence-electron chi connectivity index (χ4n) is 16.2. The van der Waals surface area contributed by atoms with Crippen molar-refractivity contribution in [1.82, 2.24) is 25.3 Å². The average Bonchev–Trinajstić information content (AvgIpc) is 1.56. The Morgan fingerprint density at radius 2 is 1.15 bits per heavy atom. The highest BCUT2D eigenvalue weighted by Gasteiger charge is 2.58. The number of furan rings is 1. The van der Waals surface area contributed by atoms with E-state index < -0.39 is 16.6 Å². The fraction of sp³-hybridized carbons (Fsp3) is 0.415. The van der Waals surface area contributed by atoms with Crippen LogP contribution >= 0.6 is 11.6 Å². The lowest BCUT2D eigenvalue weighted by molar-refractivity contribution is -0.133. The maximum atomic E-state index is 13.6. The fourth-order valence-corrected chi connectivity index (χ4v) is 16.4. The molecule has 1 unspecified atom stereocenters. The number of nitrogens with two attached hydrogens (primary N) is 3. The number of methoxy groups -OCH3 is 1. The van der Waals surface area contributed by atoms with Gasteiger partial charge >= 0.3 is 6.03 Å². The molecule has 6 amide bonds. The molecule has 19 nitrogen and oxygen atoms in total. The van der Waals surface area contributed by atoms with Gasteiger partial charge in [0, 0.05) is 42.5 Å². The molecule has 4 aliphatic carbocycles. The number of anilines is 1.